The maximum absolute atomic E-state index is 11.5. The fourth-order valence-electron chi connectivity index (χ4n) is 1.43. The first kappa shape index (κ1) is 9.19. The van der Waals surface area contributed by atoms with Gasteiger partial charge in [0.2, 0.25) is 5.54 Å². The zero-order valence-corrected chi connectivity index (χ0v) is 8.63. The Morgan fingerprint density at radius 3 is 2.93 bits per heavy atom. The van der Waals surface area contributed by atoms with Gasteiger partial charge in [0.1, 0.15) is 0 Å². The maximum atomic E-state index is 11.5. The average Bonchev–Trinajstić information content (AvgIpc) is 2.43. The molecule has 1 heterocycles. The molecule has 0 unspecified atom stereocenters. The van der Waals surface area contributed by atoms with Crippen molar-refractivity contribution in [2.75, 3.05) is 5.32 Å². The van der Waals surface area contributed by atoms with Crippen molar-refractivity contribution < 1.29 is 4.79 Å². The Kier molecular flexibility index (Phi) is 1.84. The first-order chi connectivity index (χ1) is 6.59. The van der Waals surface area contributed by atoms with E-state index in [1.54, 1.807) is 18.2 Å². The summed E-state index contributed by atoms with van der Waals surface area (Å²) in [7, 11) is 0. The van der Waals surface area contributed by atoms with E-state index in [2.05, 4.69) is 21.2 Å². The van der Waals surface area contributed by atoms with Crippen molar-refractivity contribution in [2.45, 2.75) is 5.54 Å². The highest BCUT2D eigenvalue weighted by atomic mass is 79.9. The van der Waals surface area contributed by atoms with Crippen LogP contribution in [0.25, 0.3) is 0 Å². The molecule has 0 aliphatic carbocycles. The van der Waals surface area contributed by atoms with Crippen LogP contribution in [-0.4, -0.2) is 5.91 Å². The Morgan fingerprint density at radius 1 is 1.57 bits per heavy atom. The average molecular weight is 252 g/mol. The molecule has 4 nitrogen and oxygen atoms in total. The second-order valence-corrected chi connectivity index (χ2v) is 3.89. The minimum atomic E-state index is -1.56. The maximum Gasteiger partial charge on any atom is 0.264 e. The molecule has 2 rings (SSSR count). The van der Waals surface area contributed by atoms with Crippen molar-refractivity contribution in [3.8, 4) is 6.07 Å². The Labute approximate surface area is 88.8 Å². The van der Waals surface area contributed by atoms with Gasteiger partial charge in [-0.2, -0.15) is 5.26 Å². The normalized spacial score (nSPS) is 23.9. The molecule has 1 aromatic carbocycles. The second kappa shape index (κ2) is 2.80. The van der Waals surface area contributed by atoms with Crippen LogP contribution in [0.2, 0.25) is 0 Å². The predicted molar refractivity (Wildman–Crippen MR) is 54.3 cm³/mol. The van der Waals surface area contributed by atoms with Crippen LogP contribution >= 0.6 is 15.9 Å². The number of nitrogens with one attached hydrogen (secondary N) is 1. The number of carbonyl (C=O) groups is 1. The van der Waals surface area contributed by atoms with Crippen LogP contribution < -0.4 is 11.1 Å². The Balaban J connectivity index is 2.72. The number of hydrogen-bond acceptors (Lipinski definition) is 3. The lowest BCUT2D eigenvalue weighted by atomic mass is 9.94. The van der Waals surface area contributed by atoms with E-state index in [0.29, 0.717) is 11.3 Å². The fraction of sp³-hybridized carbons (Fsp3) is 0.111. The van der Waals surface area contributed by atoms with Gasteiger partial charge in [0.15, 0.2) is 0 Å². The van der Waals surface area contributed by atoms with Crippen molar-refractivity contribution in [3.05, 3.63) is 28.2 Å². The van der Waals surface area contributed by atoms with Gasteiger partial charge in [0, 0.05) is 10.0 Å². The van der Waals surface area contributed by atoms with Crippen LogP contribution in [0.15, 0.2) is 22.7 Å². The quantitative estimate of drug-likeness (QED) is 0.725. The molecule has 0 bridgehead atoms. The molecular formula is C9H6BrN3O. The molecule has 3 N–H and O–H groups in total. The Bertz CT molecular complexity index is 466. The van der Waals surface area contributed by atoms with E-state index >= 15 is 0 Å². The van der Waals surface area contributed by atoms with Crippen LogP contribution in [0.4, 0.5) is 5.69 Å². The first-order valence-corrected chi connectivity index (χ1v) is 4.69. The molecule has 0 saturated heterocycles. The fourth-order valence-corrected chi connectivity index (χ4v) is 1.89. The van der Waals surface area contributed by atoms with Crippen LogP contribution in [-0.2, 0) is 10.3 Å². The van der Waals surface area contributed by atoms with Crippen molar-refractivity contribution >= 4 is 27.5 Å². The van der Waals surface area contributed by atoms with E-state index in [-0.39, 0.29) is 0 Å². The number of fused-ring (bicyclic) bond motifs is 1. The lowest BCUT2D eigenvalue weighted by Crippen LogP contribution is -2.41. The molecule has 5 heteroatoms. The van der Waals surface area contributed by atoms with E-state index in [1.165, 1.54) is 0 Å². The molecule has 0 spiro atoms. The van der Waals surface area contributed by atoms with E-state index in [4.69, 9.17) is 11.0 Å². The van der Waals surface area contributed by atoms with Crippen molar-refractivity contribution in [3.63, 3.8) is 0 Å². The first-order valence-electron chi connectivity index (χ1n) is 3.90. The van der Waals surface area contributed by atoms with Crippen LogP contribution in [0, 0.1) is 11.3 Å². The summed E-state index contributed by atoms with van der Waals surface area (Å²) in [6.45, 7) is 0. The molecule has 1 aromatic rings. The summed E-state index contributed by atoms with van der Waals surface area (Å²) < 4.78 is 0.728. The van der Waals surface area contributed by atoms with Gasteiger partial charge in [-0.25, -0.2) is 0 Å². The highest BCUT2D eigenvalue weighted by molar-refractivity contribution is 9.10. The van der Waals surface area contributed by atoms with Gasteiger partial charge < -0.3 is 11.1 Å². The summed E-state index contributed by atoms with van der Waals surface area (Å²) in [5, 5.41) is 11.5. The Morgan fingerprint density at radius 2 is 2.29 bits per heavy atom. The molecule has 0 aromatic heterocycles. The van der Waals surface area contributed by atoms with Gasteiger partial charge in [-0.15, -0.1) is 0 Å². The van der Waals surface area contributed by atoms with E-state index in [9.17, 15) is 4.79 Å². The van der Waals surface area contributed by atoms with Gasteiger partial charge >= 0.3 is 0 Å². The minimum absolute atomic E-state index is 0.484. The highest BCUT2D eigenvalue weighted by Gasteiger charge is 2.44. The number of carbonyl (C=O) groups excluding carboxylic acids is 1. The minimum Gasteiger partial charge on any atom is -0.322 e. The number of amides is 1. The molecule has 1 atom stereocenters. The molecule has 1 aliphatic heterocycles. The number of halogens is 1. The van der Waals surface area contributed by atoms with Crippen LogP contribution in [0.3, 0.4) is 0 Å². The number of rotatable bonds is 0. The van der Waals surface area contributed by atoms with Crippen molar-refractivity contribution in [1.82, 2.24) is 0 Å². The number of hydrogen-bond donors (Lipinski definition) is 2. The summed E-state index contributed by atoms with van der Waals surface area (Å²) in [5.41, 5.74) is 5.23. The Hall–Kier alpha value is -1.38. The van der Waals surface area contributed by atoms with E-state index < -0.39 is 11.4 Å². The molecule has 1 aliphatic rings. The van der Waals surface area contributed by atoms with E-state index in [0.717, 1.165) is 4.47 Å². The molecule has 0 fully saturated rings. The lowest BCUT2D eigenvalue weighted by Gasteiger charge is -2.11. The predicted octanol–water partition coefficient (Wildman–Crippen LogP) is 1.08. The molecule has 14 heavy (non-hydrogen) atoms. The number of anilines is 1. The third kappa shape index (κ3) is 0.983. The smallest absolute Gasteiger partial charge is 0.264 e. The lowest BCUT2D eigenvalue weighted by molar-refractivity contribution is -0.118. The number of nitriles is 1. The van der Waals surface area contributed by atoms with E-state index in [1.807, 2.05) is 6.07 Å². The molecule has 0 radical (unpaired) electrons. The summed E-state index contributed by atoms with van der Waals surface area (Å²) in [5.74, 6) is -0.484. The number of para-hydroxylation sites is 1. The van der Waals surface area contributed by atoms with Gasteiger partial charge in [-0.1, -0.05) is 12.1 Å². The zero-order chi connectivity index (χ0) is 10.3. The highest BCUT2D eigenvalue weighted by Crippen LogP contribution is 2.38. The zero-order valence-electron chi connectivity index (χ0n) is 7.04. The largest absolute Gasteiger partial charge is 0.322 e. The van der Waals surface area contributed by atoms with Crippen molar-refractivity contribution in [1.29, 1.82) is 5.26 Å². The summed E-state index contributed by atoms with van der Waals surface area (Å²) in [4.78, 5) is 11.5. The summed E-state index contributed by atoms with van der Waals surface area (Å²) in [6, 6.07) is 7.00. The summed E-state index contributed by atoms with van der Waals surface area (Å²) >= 11 is 3.28. The van der Waals surface area contributed by atoms with Gasteiger partial charge in [-0.3, -0.25) is 4.79 Å². The standard InChI is InChI=1S/C9H6BrN3O/c10-6-3-1-2-5-7(6)13-8(14)9(5,12)4-11/h1-3H,12H2,(H,13,14)/t9-/m1/s1. The van der Waals surface area contributed by atoms with Crippen molar-refractivity contribution in [2.24, 2.45) is 5.73 Å². The SMILES string of the molecule is N#C[C@]1(N)C(=O)Nc2c(Br)cccc21. The second-order valence-electron chi connectivity index (χ2n) is 3.04. The molecule has 1 amide bonds. The molecular weight excluding hydrogens is 246 g/mol. The van der Waals surface area contributed by atoms with Gasteiger partial charge in [-0.05, 0) is 22.0 Å². The van der Waals surface area contributed by atoms with Crippen LogP contribution in [0.5, 0.6) is 0 Å². The molecule has 0 saturated carbocycles. The number of nitrogens with zero attached hydrogens (tertiary/aromatic N) is 1. The van der Waals surface area contributed by atoms with Crippen LogP contribution in [0.1, 0.15) is 5.56 Å². The third-order valence-electron chi connectivity index (χ3n) is 2.21. The van der Waals surface area contributed by atoms with Gasteiger partial charge in [0.25, 0.3) is 5.91 Å². The topological polar surface area (TPSA) is 78.9 Å². The summed E-state index contributed by atoms with van der Waals surface area (Å²) in [6.07, 6.45) is 0. The number of nitrogens with two attached hydrogens (primary N) is 1. The molecule has 70 valence electrons. The number of benzene rings is 1. The third-order valence-corrected chi connectivity index (χ3v) is 2.87. The monoisotopic (exact) mass is 251 g/mol. The van der Waals surface area contributed by atoms with Gasteiger partial charge in [0.05, 0.1) is 11.8 Å².